The van der Waals surface area contributed by atoms with E-state index in [1.165, 1.54) is 11.1 Å². The second-order valence-corrected chi connectivity index (χ2v) is 7.46. The smallest absolute Gasteiger partial charge is 0.254 e. The Kier molecular flexibility index (Phi) is 6.96. The van der Waals surface area contributed by atoms with Gasteiger partial charge < -0.3 is 14.4 Å². The van der Waals surface area contributed by atoms with Crippen LogP contribution < -0.4 is 9.47 Å². The van der Waals surface area contributed by atoms with E-state index in [9.17, 15) is 4.79 Å². The molecule has 0 saturated carbocycles. The van der Waals surface area contributed by atoms with Gasteiger partial charge in [-0.3, -0.25) is 4.79 Å². The zero-order valence-corrected chi connectivity index (χ0v) is 17.3. The number of nitrogens with zero attached hydrogens (tertiary/aromatic N) is 1. The Morgan fingerprint density at radius 2 is 1.86 bits per heavy atom. The molecule has 0 unspecified atom stereocenters. The lowest BCUT2D eigenvalue weighted by Crippen LogP contribution is -2.39. The maximum Gasteiger partial charge on any atom is 0.254 e. The highest BCUT2D eigenvalue weighted by Crippen LogP contribution is 2.36. The zero-order chi connectivity index (χ0) is 19.9. The van der Waals surface area contributed by atoms with Gasteiger partial charge in [0.1, 0.15) is 0 Å². The lowest BCUT2D eigenvalue weighted by Gasteiger charge is -2.30. The summed E-state index contributed by atoms with van der Waals surface area (Å²) in [6, 6.07) is 12.3. The van der Waals surface area contributed by atoms with E-state index in [0.29, 0.717) is 6.61 Å². The number of carbonyl (C=O) groups is 1. The monoisotopic (exact) mass is 381 g/mol. The van der Waals surface area contributed by atoms with Gasteiger partial charge in [0.05, 0.1) is 13.7 Å². The minimum atomic E-state index is 0.0921. The van der Waals surface area contributed by atoms with Crippen LogP contribution in [0.4, 0.5) is 0 Å². The lowest BCUT2D eigenvalue weighted by molar-refractivity contribution is 0.0739. The molecule has 4 heteroatoms. The van der Waals surface area contributed by atoms with Crippen LogP contribution in [0, 0.1) is 6.92 Å². The SMILES string of the molecule is CCCCCOc1c(OC)ccc2c1CCN(CCc1ccc(C)cc1)C2=O. The topological polar surface area (TPSA) is 38.8 Å². The van der Waals surface area contributed by atoms with Crippen LogP contribution >= 0.6 is 0 Å². The first-order chi connectivity index (χ1) is 13.6. The van der Waals surface area contributed by atoms with E-state index in [4.69, 9.17) is 9.47 Å². The summed E-state index contributed by atoms with van der Waals surface area (Å²) in [5.41, 5.74) is 4.26. The molecule has 1 heterocycles. The van der Waals surface area contributed by atoms with Gasteiger partial charge in [0.2, 0.25) is 0 Å². The molecule has 4 nitrogen and oxygen atoms in total. The number of benzene rings is 2. The predicted octanol–water partition coefficient (Wildman–Crippen LogP) is 4.81. The molecule has 0 fully saturated rings. The Bertz CT molecular complexity index is 798. The van der Waals surface area contributed by atoms with Crippen LogP contribution in [0.1, 0.15) is 53.2 Å². The van der Waals surface area contributed by atoms with Crippen molar-refractivity contribution >= 4 is 5.91 Å². The average Bonchev–Trinajstić information content (AvgIpc) is 2.72. The van der Waals surface area contributed by atoms with E-state index in [2.05, 4.69) is 38.1 Å². The van der Waals surface area contributed by atoms with Gasteiger partial charge in [-0.2, -0.15) is 0 Å². The summed E-state index contributed by atoms with van der Waals surface area (Å²) in [6.45, 7) is 6.38. The molecule has 0 bridgehead atoms. The Morgan fingerprint density at radius 1 is 1.07 bits per heavy atom. The summed E-state index contributed by atoms with van der Waals surface area (Å²) in [7, 11) is 1.65. The molecule has 0 radical (unpaired) electrons. The zero-order valence-electron chi connectivity index (χ0n) is 17.3. The maximum atomic E-state index is 13.0. The average molecular weight is 382 g/mol. The summed E-state index contributed by atoms with van der Waals surface area (Å²) in [5.74, 6) is 1.56. The third-order valence-electron chi connectivity index (χ3n) is 5.38. The van der Waals surface area contributed by atoms with Gasteiger partial charge in [-0.25, -0.2) is 0 Å². The summed E-state index contributed by atoms with van der Waals surface area (Å²) in [5, 5.41) is 0. The minimum Gasteiger partial charge on any atom is -0.493 e. The molecule has 3 rings (SSSR count). The lowest BCUT2D eigenvalue weighted by atomic mass is 9.96. The fourth-order valence-corrected chi connectivity index (χ4v) is 3.65. The molecule has 1 aliphatic heterocycles. The standard InChI is InChI=1S/C24H31NO3/c1-4-5-6-17-28-23-20-14-16-25(15-13-19-9-7-18(2)8-10-19)24(26)21(20)11-12-22(23)27-3/h7-12H,4-6,13-17H2,1-3H3. The van der Waals surface area contributed by atoms with Crippen molar-refractivity contribution in [1.82, 2.24) is 4.90 Å². The normalized spacial score (nSPS) is 13.4. The molecule has 0 spiro atoms. The largest absolute Gasteiger partial charge is 0.493 e. The van der Waals surface area contributed by atoms with E-state index < -0.39 is 0 Å². The molecule has 2 aromatic rings. The third kappa shape index (κ3) is 4.67. The van der Waals surface area contributed by atoms with Gasteiger partial charge in [0.15, 0.2) is 11.5 Å². The third-order valence-corrected chi connectivity index (χ3v) is 5.38. The molecule has 1 amide bonds. The van der Waals surface area contributed by atoms with Crippen molar-refractivity contribution in [3.63, 3.8) is 0 Å². The first kappa shape index (κ1) is 20.2. The minimum absolute atomic E-state index is 0.0921. The fourth-order valence-electron chi connectivity index (χ4n) is 3.65. The van der Waals surface area contributed by atoms with Gasteiger partial charge in [0.25, 0.3) is 5.91 Å². The van der Waals surface area contributed by atoms with Crippen LogP contribution in [0.25, 0.3) is 0 Å². The number of rotatable bonds is 9. The second-order valence-electron chi connectivity index (χ2n) is 7.46. The number of hydrogen-bond donors (Lipinski definition) is 0. The quantitative estimate of drug-likeness (QED) is 0.585. The molecular weight excluding hydrogens is 350 g/mol. The summed E-state index contributed by atoms with van der Waals surface area (Å²) < 4.78 is 11.6. The van der Waals surface area contributed by atoms with Crippen LogP contribution in [-0.4, -0.2) is 37.6 Å². The van der Waals surface area contributed by atoms with Crippen molar-refractivity contribution in [2.45, 2.75) is 46.0 Å². The van der Waals surface area contributed by atoms with Crippen molar-refractivity contribution < 1.29 is 14.3 Å². The van der Waals surface area contributed by atoms with E-state index in [-0.39, 0.29) is 5.91 Å². The molecule has 0 saturated heterocycles. The van der Waals surface area contributed by atoms with E-state index in [0.717, 1.165) is 67.8 Å². The molecule has 0 aromatic heterocycles. The first-order valence-electron chi connectivity index (χ1n) is 10.3. The second kappa shape index (κ2) is 9.63. The van der Waals surface area contributed by atoms with Crippen LogP contribution in [0.15, 0.2) is 36.4 Å². The van der Waals surface area contributed by atoms with Crippen LogP contribution in [0.3, 0.4) is 0 Å². The summed E-state index contributed by atoms with van der Waals surface area (Å²) in [6.07, 6.45) is 4.98. The molecule has 150 valence electrons. The van der Waals surface area contributed by atoms with Crippen molar-refractivity contribution in [2.75, 3.05) is 26.8 Å². The van der Waals surface area contributed by atoms with Crippen molar-refractivity contribution in [3.05, 3.63) is 58.7 Å². The van der Waals surface area contributed by atoms with E-state index in [1.807, 2.05) is 17.0 Å². The Morgan fingerprint density at radius 3 is 2.57 bits per heavy atom. The van der Waals surface area contributed by atoms with Gasteiger partial charge in [-0.1, -0.05) is 49.6 Å². The van der Waals surface area contributed by atoms with Gasteiger partial charge in [-0.05, 0) is 43.9 Å². The Hall–Kier alpha value is -2.49. The molecule has 0 N–H and O–H groups in total. The molecule has 28 heavy (non-hydrogen) atoms. The molecule has 0 atom stereocenters. The van der Waals surface area contributed by atoms with Crippen LogP contribution in [0.5, 0.6) is 11.5 Å². The van der Waals surface area contributed by atoms with Crippen LogP contribution in [0.2, 0.25) is 0 Å². The highest BCUT2D eigenvalue weighted by atomic mass is 16.5. The first-order valence-corrected chi connectivity index (χ1v) is 10.3. The van der Waals surface area contributed by atoms with E-state index >= 15 is 0 Å². The maximum absolute atomic E-state index is 13.0. The number of ether oxygens (including phenoxy) is 2. The number of unbranched alkanes of at least 4 members (excludes halogenated alkanes) is 2. The van der Waals surface area contributed by atoms with Crippen molar-refractivity contribution in [1.29, 1.82) is 0 Å². The van der Waals surface area contributed by atoms with Gasteiger partial charge in [0, 0.05) is 24.2 Å². The number of aryl methyl sites for hydroxylation is 1. The highest BCUT2D eigenvalue weighted by molar-refractivity contribution is 5.98. The summed E-state index contributed by atoms with van der Waals surface area (Å²) >= 11 is 0. The number of methoxy groups -OCH3 is 1. The molecule has 2 aromatic carbocycles. The van der Waals surface area contributed by atoms with E-state index in [1.54, 1.807) is 7.11 Å². The molecule has 0 aliphatic carbocycles. The highest BCUT2D eigenvalue weighted by Gasteiger charge is 2.28. The van der Waals surface area contributed by atoms with Crippen molar-refractivity contribution in [3.8, 4) is 11.5 Å². The number of amides is 1. The summed E-state index contributed by atoms with van der Waals surface area (Å²) in [4.78, 5) is 15.0. The fraction of sp³-hybridized carbons (Fsp3) is 0.458. The van der Waals surface area contributed by atoms with Gasteiger partial charge in [-0.15, -0.1) is 0 Å². The Balaban J connectivity index is 1.71. The molecule has 1 aliphatic rings. The number of carbonyl (C=O) groups excluding carboxylic acids is 1. The van der Waals surface area contributed by atoms with Gasteiger partial charge >= 0.3 is 0 Å². The molecular formula is C24H31NO3. The predicted molar refractivity (Wildman–Crippen MR) is 113 cm³/mol. The number of hydrogen-bond acceptors (Lipinski definition) is 3. The van der Waals surface area contributed by atoms with Crippen molar-refractivity contribution in [2.24, 2.45) is 0 Å². The van der Waals surface area contributed by atoms with Crippen LogP contribution in [-0.2, 0) is 12.8 Å². The Labute approximate surface area is 168 Å². The number of fused-ring (bicyclic) bond motifs is 1.